The van der Waals surface area contributed by atoms with E-state index in [-0.39, 0.29) is 36.5 Å². The van der Waals surface area contributed by atoms with Gasteiger partial charge in [0.1, 0.15) is 5.75 Å². The van der Waals surface area contributed by atoms with E-state index in [0.717, 1.165) is 30.5 Å². The predicted molar refractivity (Wildman–Crippen MR) is 126 cm³/mol. The van der Waals surface area contributed by atoms with Crippen LogP contribution < -0.4 is 15.8 Å². The molecule has 29 heavy (non-hydrogen) atoms. The third-order valence-corrected chi connectivity index (χ3v) is 6.52. The smallest absolute Gasteiger partial charge is 0.243 e. The molecule has 0 bridgehead atoms. The molecule has 1 aliphatic heterocycles. The number of rotatable bonds is 6. The molecule has 7 nitrogen and oxygen atoms in total. The average molecular weight is 530 g/mol. The molecule has 1 fully saturated rings. The first-order chi connectivity index (χ1) is 13.5. The summed E-state index contributed by atoms with van der Waals surface area (Å²) in [5, 5.41) is 3.00. The number of hydrogen-bond acceptors (Lipinski definition) is 4. The molecule has 0 spiro atoms. The van der Waals surface area contributed by atoms with Gasteiger partial charge in [0.05, 0.1) is 18.6 Å². The quantitative estimate of drug-likeness (QED) is 0.339. The molecule has 0 atom stereocenters. The molecule has 158 valence electrons. The van der Waals surface area contributed by atoms with Gasteiger partial charge < -0.3 is 15.8 Å². The summed E-state index contributed by atoms with van der Waals surface area (Å²) in [5.41, 5.74) is 7.51. The zero-order valence-electron chi connectivity index (χ0n) is 16.4. The fraction of sp³-hybridized carbons (Fsp3) is 0.350. The van der Waals surface area contributed by atoms with Gasteiger partial charge in [-0.1, -0.05) is 24.6 Å². The van der Waals surface area contributed by atoms with Crippen LogP contribution in [0.25, 0.3) is 0 Å². The van der Waals surface area contributed by atoms with Gasteiger partial charge in [0.25, 0.3) is 0 Å². The van der Waals surface area contributed by atoms with Gasteiger partial charge in [0, 0.05) is 24.8 Å². The Labute approximate surface area is 189 Å². The monoisotopic (exact) mass is 530 g/mol. The van der Waals surface area contributed by atoms with Gasteiger partial charge in [-0.05, 0) is 42.7 Å². The van der Waals surface area contributed by atoms with E-state index in [1.54, 1.807) is 29.6 Å². The number of anilines is 1. The highest BCUT2D eigenvalue weighted by molar-refractivity contribution is 14.0. The van der Waals surface area contributed by atoms with Crippen LogP contribution in [0.4, 0.5) is 5.69 Å². The maximum atomic E-state index is 12.8. The second-order valence-corrected chi connectivity index (χ2v) is 8.61. The minimum absolute atomic E-state index is 0. The zero-order chi connectivity index (χ0) is 20.0. The second kappa shape index (κ2) is 10.8. The molecule has 3 rings (SSSR count). The molecule has 0 amide bonds. The van der Waals surface area contributed by atoms with Crippen molar-refractivity contribution in [2.24, 2.45) is 10.7 Å². The van der Waals surface area contributed by atoms with Gasteiger partial charge >= 0.3 is 0 Å². The number of nitrogens with one attached hydrogen (secondary N) is 1. The summed E-state index contributed by atoms with van der Waals surface area (Å²) in [6.07, 6.45) is 2.91. The van der Waals surface area contributed by atoms with Crippen LogP contribution in [-0.4, -0.2) is 38.9 Å². The highest BCUT2D eigenvalue weighted by Gasteiger charge is 2.25. The lowest BCUT2D eigenvalue weighted by molar-refractivity contribution is 0.346. The number of ether oxygens (including phenoxy) is 1. The fourth-order valence-corrected chi connectivity index (χ4v) is 4.71. The predicted octanol–water partition coefficient (Wildman–Crippen LogP) is 3.41. The van der Waals surface area contributed by atoms with Crippen LogP contribution >= 0.6 is 24.0 Å². The Morgan fingerprint density at radius 1 is 1.14 bits per heavy atom. The van der Waals surface area contributed by atoms with E-state index < -0.39 is 10.0 Å². The lowest BCUT2D eigenvalue weighted by Gasteiger charge is -2.26. The number of guanidine groups is 1. The van der Waals surface area contributed by atoms with Crippen LogP contribution in [0.2, 0.25) is 0 Å². The van der Waals surface area contributed by atoms with E-state index in [1.165, 1.54) is 0 Å². The minimum Gasteiger partial charge on any atom is -0.497 e. The maximum Gasteiger partial charge on any atom is 0.243 e. The van der Waals surface area contributed by atoms with Gasteiger partial charge in [0.15, 0.2) is 5.96 Å². The molecule has 2 aromatic rings. The number of benzene rings is 2. The van der Waals surface area contributed by atoms with Crippen LogP contribution in [0.15, 0.2) is 58.4 Å². The van der Waals surface area contributed by atoms with Crippen molar-refractivity contribution in [3.05, 3.63) is 54.1 Å². The first kappa shape index (κ1) is 23.4. The number of halogens is 1. The summed E-state index contributed by atoms with van der Waals surface area (Å²) in [5.74, 6) is 0.964. The summed E-state index contributed by atoms with van der Waals surface area (Å²) in [7, 11) is -1.86. The Kier molecular flexibility index (Phi) is 8.72. The van der Waals surface area contributed by atoms with Crippen LogP contribution in [0.3, 0.4) is 0 Å². The molecular formula is C20H27IN4O3S. The third-order valence-electron chi connectivity index (χ3n) is 4.63. The van der Waals surface area contributed by atoms with Crippen molar-refractivity contribution < 1.29 is 13.2 Å². The number of nitrogens with zero attached hydrogens (tertiary/aromatic N) is 2. The van der Waals surface area contributed by atoms with Gasteiger partial charge in [-0.2, -0.15) is 4.31 Å². The Bertz CT molecular complexity index is 944. The summed E-state index contributed by atoms with van der Waals surface area (Å²) >= 11 is 0. The third kappa shape index (κ3) is 6.31. The molecular weight excluding hydrogens is 503 g/mol. The van der Waals surface area contributed by atoms with E-state index in [0.29, 0.717) is 23.7 Å². The van der Waals surface area contributed by atoms with Crippen molar-refractivity contribution in [3.8, 4) is 5.75 Å². The van der Waals surface area contributed by atoms with Crippen molar-refractivity contribution in [2.45, 2.75) is 30.7 Å². The lowest BCUT2D eigenvalue weighted by atomic mass is 10.2. The first-order valence-corrected chi connectivity index (χ1v) is 10.7. The molecule has 0 aliphatic carbocycles. The van der Waals surface area contributed by atoms with Gasteiger partial charge in [-0.15, -0.1) is 24.0 Å². The van der Waals surface area contributed by atoms with Crippen molar-refractivity contribution in [1.82, 2.24) is 4.31 Å². The van der Waals surface area contributed by atoms with E-state index >= 15 is 0 Å². The number of aliphatic imine (C=N–C) groups is 1. The first-order valence-electron chi connectivity index (χ1n) is 9.29. The van der Waals surface area contributed by atoms with E-state index in [1.807, 2.05) is 30.3 Å². The molecule has 0 unspecified atom stereocenters. The van der Waals surface area contributed by atoms with E-state index in [4.69, 9.17) is 10.5 Å². The van der Waals surface area contributed by atoms with Gasteiger partial charge in [0.2, 0.25) is 10.0 Å². The molecule has 0 saturated carbocycles. The highest BCUT2D eigenvalue weighted by Crippen LogP contribution is 2.21. The average Bonchev–Trinajstić information content (AvgIpc) is 2.73. The van der Waals surface area contributed by atoms with E-state index in [9.17, 15) is 8.42 Å². The molecule has 0 aromatic heterocycles. The summed E-state index contributed by atoms with van der Waals surface area (Å²) in [6.45, 7) is 1.45. The number of methoxy groups -OCH3 is 1. The van der Waals surface area contributed by atoms with Crippen molar-refractivity contribution in [1.29, 1.82) is 0 Å². The van der Waals surface area contributed by atoms with Crippen molar-refractivity contribution in [2.75, 3.05) is 25.5 Å². The van der Waals surface area contributed by atoms with Crippen LogP contribution in [0, 0.1) is 0 Å². The fourth-order valence-electron chi connectivity index (χ4n) is 3.12. The van der Waals surface area contributed by atoms with Gasteiger partial charge in [-0.3, -0.25) is 0 Å². The summed E-state index contributed by atoms with van der Waals surface area (Å²) < 4.78 is 32.4. The standard InChI is InChI=1S/C20H26N4O3S.HI/c1-27-18-9-6-8-17(14-18)23-20(21)22-15-16-7-5-10-19(13-16)28(25,26)24-11-3-2-4-12-24;/h5-10,13-14H,2-4,11-12,15H2,1H3,(H3,21,22,23);1H. The topological polar surface area (TPSA) is 97.0 Å². The molecule has 9 heteroatoms. The Balaban J connectivity index is 0.00000300. The molecule has 2 aromatic carbocycles. The SMILES string of the molecule is COc1cccc(NC(N)=NCc2cccc(S(=O)(=O)N3CCCCC3)c2)c1.I. The highest BCUT2D eigenvalue weighted by atomic mass is 127. The number of sulfonamides is 1. The Morgan fingerprint density at radius 3 is 2.59 bits per heavy atom. The lowest BCUT2D eigenvalue weighted by Crippen LogP contribution is -2.35. The zero-order valence-corrected chi connectivity index (χ0v) is 19.5. The molecule has 1 heterocycles. The Morgan fingerprint density at radius 2 is 1.86 bits per heavy atom. The Hall–Kier alpha value is -1.85. The van der Waals surface area contributed by atoms with Crippen molar-refractivity contribution in [3.63, 3.8) is 0 Å². The minimum atomic E-state index is -3.46. The number of piperidine rings is 1. The largest absolute Gasteiger partial charge is 0.497 e. The van der Waals surface area contributed by atoms with E-state index in [2.05, 4.69) is 10.3 Å². The van der Waals surface area contributed by atoms with Crippen LogP contribution in [-0.2, 0) is 16.6 Å². The van der Waals surface area contributed by atoms with Crippen LogP contribution in [0.1, 0.15) is 24.8 Å². The normalized spacial score (nSPS) is 15.4. The second-order valence-electron chi connectivity index (χ2n) is 6.67. The van der Waals surface area contributed by atoms with Gasteiger partial charge in [-0.25, -0.2) is 13.4 Å². The van der Waals surface area contributed by atoms with Crippen molar-refractivity contribution >= 4 is 45.6 Å². The molecule has 0 radical (unpaired) electrons. The summed E-state index contributed by atoms with van der Waals surface area (Å²) in [4.78, 5) is 4.62. The molecule has 1 aliphatic rings. The number of hydrogen-bond donors (Lipinski definition) is 2. The molecule has 1 saturated heterocycles. The molecule has 3 N–H and O–H groups in total. The summed E-state index contributed by atoms with van der Waals surface area (Å²) in [6, 6.07) is 14.3. The number of nitrogens with two attached hydrogens (primary N) is 1. The maximum absolute atomic E-state index is 12.8. The van der Waals surface area contributed by atoms with Crippen LogP contribution in [0.5, 0.6) is 5.75 Å².